The first-order valence-corrected chi connectivity index (χ1v) is 5.99. The molecule has 1 amide bonds. The van der Waals surface area contributed by atoms with E-state index in [0.29, 0.717) is 0 Å². The van der Waals surface area contributed by atoms with Crippen molar-refractivity contribution in [1.29, 1.82) is 0 Å². The van der Waals surface area contributed by atoms with Crippen molar-refractivity contribution in [2.75, 3.05) is 12.3 Å². The number of hydrogen-bond donors (Lipinski definition) is 2. The normalized spacial score (nSPS) is 10.8. The molecule has 0 fully saturated rings. The van der Waals surface area contributed by atoms with Gasteiger partial charge in [0.15, 0.2) is 0 Å². The van der Waals surface area contributed by atoms with Crippen LogP contribution in [0, 0.1) is 5.92 Å². The number of nitrogens with one attached hydrogen (secondary N) is 1. The predicted octanol–water partition coefficient (Wildman–Crippen LogP) is 0.803. The molecule has 0 saturated heterocycles. The number of aromatic nitrogens is 3. The van der Waals surface area contributed by atoms with E-state index in [1.807, 2.05) is 0 Å². The first kappa shape index (κ1) is 13.5. The van der Waals surface area contributed by atoms with Crippen LogP contribution in [0.3, 0.4) is 0 Å². The van der Waals surface area contributed by atoms with E-state index in [4.69, 9.17) is 5.73 Å². The van der Waals surface area contributed by atoms with Crippen LogP contribution in [0.1, 0.15) is 33.1 Å². The van der Waals surface area contributed by atoms with Gasteiger partial charge in [-0.1, -0.05) is 26.7 Å². The lowest BCUT2D eigenvalue weighted by atomic mass is 10.1. The van der Waals surface area contributed by atoms with Crippen LogP contribution in [0.15, 0.2) is 6.33 Å². The summed E-state index contributed by atoms with van der Waals surface area (Å²) in [5, 5.41) is 6.69. The van der Waals surface area contributed by atoms with Gasteiger partial charge in [-0.05, 0) is 12.3 Å². The summed E-state index contributed by atoms with van der Waals surface area (Å²) >= 11 is 0. The van der Waals surface area contributed by atoms with Crippen LogP contribution in [0.25, 0.3) is 0 Å². The maximum atomic E-state index is 11.5. The largest absolute Gasteiger partial charge is 0.367 e. The van der Waals surface area contributed by atoms with Gasteiger partial charge in [0.05, 0.1) is 0 Å². The Kier molecular flexibility index (Phi) is 5.45. The zero-order valence-electron chi connectivity index (χ0n) is 10.5. The third-order valence-corrected chi connectivity index (χ3v) is 2.39. The third kappa shape index (κ3) is 5.89. The van der Waals surface area contributed by atoms with Crippen LogP contribution in [0.5, 0.6) is 0 Å². The summed E-state index contributed by atoms with van der Waals surface area (Å²) in [6, 6.07) is 0. The minimum atomic E-state index is -0.0561. The van der Waals surface area contributed by atoms with Crippen molar-refractivity contribution in [2.45, 2.75) is 39.7 Å². The van der Waals surface area contributed by atoms with Gasteiger partial charge in [-0.2, -0.15) is 0 Å². The number of rotatable bonds is 7. The summed E-state index contributed by atoms with van der Waals surface area (Å²) in [5.41, 5.74) is 5.35. The lowest BCUT2D eigenvalue weighted by Gasteiger charge is -2.06. The summed E-state index contributed by atoms with van der Waals surface area (Å²) in [6.07, 6.45) is 4.82. The minimum Gasteiger partial charge on any atom is -0.367 e. The van der Waals surface area contributed by atoms with Crippen LogP contribution in [0.2, 0.25) is 0 Å². The van der Waals surface area contributed by atoms with Gasteiger partial charge >= 0.3 is 0 Å². The van der Waals surface area contributed by atoms with E-state index in [0.717, 1.165) is 25.3 Å². The lowest BCUT2D eigenvalue weighted by Crippen LogP contribution is -2.28. The Bertz CT molecular complexity index is 347. The molecule has 6 nitrogen and oxygen atoms in total. The monoisotopic (exact) mass is 239 g/mol. The van der Waals surface area contributed by atoms with Gasteiger partial charge < -0.3 is 11.1 Å². The SMILES string of the molecule is CC(C)CCCCNC(=O)Cn1cnc(N)n1. The van der Waals surface area contributed by atoms with Crippen molar-refractivity contribution >= 4 is 11.9 Å². The van der Waals surface area contributed by atoms with Gasteiger partial charge in [-0.25, -0.2) is 9.67 Å². The van der Waals surface area contributed by atoms with Crippen LogP contribution in [-0.4, -0.2) is 27.2 Å². The Balaban J connectivity index is 2.09. The minimum absolute atomic E-state index is 0.0561. The quantitative estimate of drug-likeness (QED) is 0.689. The average Bonchev–Trinajstić information content (AvgIpc) is 2.63. The molecule has 96 valence electrons. The summed E-state index contributed by atoms with van der Waals surface area (Å²) in [6.45, 7) is 5.30. The number of carbonyl (C=O) groups is 1. The van der Waals surface area contributed by atoms with E-state index in [-0.39, 0.29) is 18.4 Å². The fourth-order valence-corrected chi connectivity index (χ4v) is 1.49. The van der Waals surface area contributed by atoms with Gasteiger partial charge in [0.1, 0.15) is 12.9 Å². The smallest absolute Gasteiger partial charge is 0.241 e. The number of nitrogens with two attached hydrogens (primary N) is 1. The van der Waals surface area contributed by atoms with E-state index in [1.54, 1.807) is 0 Å². The fraction of sp³-hybridized carbons (Fsp3) is 0.727. The Morgan fingerprint density at radius 1 is 1.53 bits per heavy atom. The highest BCUT2D eigenvalue weighted by Gasteiger charge is 2.03. The van der Waals surface area contributed by atoms with Gasteiger partial charge in [0.2, 0.25) is 11.9 Å². The molecule has 0 bridgehead atoms. The topological polar surface area (TPSA) is 85.8 Å². The molecular formula is C11H21N5O. The maximum absolute atomic E-state index is 11.5. The standard InChI is InChI=1S/C11H21N5O/c1-9(2)5-3-4-6-13-10(17)7-16-8-14-11(12)15-16/h8-9H,3-7H2,1-2H3,(H2,12,15)(H,13,17). The second-order valence-corrected chi connectivity index (χ2v) is 4.54. The molecule has 1 heterocycles. The van der Waals surface area contributed by atoms with Gasteiger partial charge in [-0.15, -0.1) is 5.10 Å². The Morgan fingerprint density at radius 3 is 2.88 bits per heavy atom. The van der Waals surface area contributed by atoms with Gasteiger partial charge in [-0.3, -0.25) is 4.79 Å². The highest BCUT2D eigenvalue weighted by Crippen LogP contribution is 2.04. The van der Waals surface area contributed by atoms with Crippen LogP contribution >= 0.6 is 0 Å². The van der Waals surface area contributed by atoms with E-state index >= 15 is 0 Å². The molecule has 1 rings (SSSR count). The van der Waals surface area contributed by atoms with Crippen molar-refractivity contribution in [3.8, 4) is 0 Å². The van der Waals surface area contributed by atoms with Crippen LogP contribution in [0.4, 0.5) is 5.95 Å². The molecule has 0 aliphatic carbocycles. The molecule has 17 heavy (non-hydrogen) atoms. The lowest BCUT2D eigenvalue weighted by molar-refractivity contribution is -0.121. The van der Waals surface area contributed by atoms with E-state index in [1.165, 1.54) is 17.4 Å². The van der Waals surface area contributed by atoms with Gasteiger partial charge in [0, 0.05) is 6.54 Å². The first-order chi connectivity index (χ1) is 8.08. The highest BCUT2D eigenvalue weighted by molar-refractivity contribution is 5.75. The first-order valence-electron chi connectivity index (χ1n) is 5.99. The molecule has 1 aromatic rings. The fourth-order valence-electron chi connectivity index (χ4n) is 1.49. The molecule has 0 aliphatic heterocycles. The number of anilines is 1. The number of nitrogens with zero attached hydrogens (tertiary/aromatic N) is 3. The highest BCUT2D eigenvalue weighted by atomic mass is 16.2. The maximum Gasteiger partial charge on any atom is 0.241 e. The second-order valence-electron chi connectivity index (χ2n) is 4.54. The molecule has 0 aromatic carbocycles. The molecule has 0 saturated carbocycles. The zero-order valence-corrected chi connectivity index (χ0v) is 10.5. The molecule has 0 unspecified atom stereocenters. The molecular weight excluding hydrogens is 218 g/mol. The number of amides is 1. The molecule has 0 radical (unpaired) electrons. The zero-order chi connectivity index (χ0) is 12.7. The van der Waals surface area contributed by atoms with Crippen LogP contribution < -0.4 is 11.1 Å². The summed E-state index contributed by atoms with van der Waals surface area (Å²) in [4.78, 5) is 15.2. The second kappa shape index (κ2) is 6.88. The third-order valence-electron chi connectivity index (χ3n) is 2.39. The Hall–Kier alpha value is -1.59. The molecule has 3 N–H and O–H groups in total. The Morgan fingerprint density at radius 2 is 2.29 bits per heavy atom. The Labute approximate surface area is 102 Å². The van der Waals surface area contributed by atoms with E-state index in [2.05, 4.69) is 29.2 Å². The molecule has 0 atom stereocenters. The molecule has 1 aromatic heterocycles. The van der Waals surface area contributed by atoms with Crippen molar-refractivity contribution in [2.24, 2.45) is 5.92 Å². The van der Waals surface area contributed by atoms with Crippen molar-refractivity contribution in [3.63, 3.8) is 0 Å². The number of unbranched alkanes of at least 4 members (excludes halogenated alkanes) is 1. The number of nitrogen functional groups attached to an aromatic ring is 1. The van der Waals surface area contributed by atoms with E-state index < -0.39 is 0 Å². The molecule has 0 aliphatic rings. The van der Waals surface area contributed by atoms with Crippen molar-refractivity contribution in [3.05, 3.63) is 6.33 Å². The summed E-state index contributed by atoms with van der Waals surface area (Å²) in [5.74, 6) is 0.859. The van der Waals surface area contributed by atoms with Crippen molar-refractivity contribution < 1.29 is 4.79 Å². The van der Waals surface area contributed by atoms with Crippen molar-refractivity contribution in [1.82, 2.24) is 20.1 Å². The summed E-state index contributed by atoms with van der Waals surface area (Å²) < 4.78 is 1.43. The molecule has 6 heteroatoms. The van der Waals surface area contributed by atoms with Gasteiger partial charge in [0.25, 0.3) is 0 Å². The number of hydrogen-bond acceptors (Lipinski definition) is 4. The average molecular weight is 239 g/mol. The van der Waals surface area contributed by atoms with Crippen LogP contribution in [-0.2, 0) is 11.3 Å². The van der Waals surface area contributed by atoms with E-state index in [9.17, 15) is 4.79 Å². The predicted molar refractivity (Wildman–Crippen MR) is 66.1 cm³/mol. The summed E-state index contributed by atoms with van der Waals surface area (Å²) in [7, 11) is 0. The molecule has 0 spiro atoms. The number of carbonyl (C=O) groups excluding carboxylic acids is 1.